The minimum absolute atomic E-state index is 0.0256. The standard InChI is InChI=1S/C40H50N2O6/c1-26(42-48-37(44)36(23-28-11-7-5-8-12-28)41-38(45)46-25-29-13-9-6-10-14-29)33-17-18-34-32-16-15-30-24-31(47-27(2)43)19-21-39(30,3)35(32)20-22-40(33,34)4/h5-14,17,30-32,34-36H,15-16,18-25H2,1-4H3,(H,41,45)/b42-26+/t30-,31-,32-,34-,35-,36-,39-,40+/m0/s1. The summed E-state index contributed by atoms with van der Waals surface area (Å²) in [5.41, 5.74) is 3.90. The fourth-order valence-corrected chi connectivity index (χ4v) is 9.87. The number of hydrogen-bond donors (Lipinski definition) is 1. The minimum Gasteiger partial charge on any atom is -0.463 e. The van der Waals surface area contributed by atoms with Crippen LogP contribution >= 0.6 is 0 Å². The van der Waals surface area contributed by atoms with Gasteiger partial charge in [-0.15, -0.1) is 0 Å². The largest absolute Gasteiger partial charge is 0.463 e. The van der Waals surface area contributed by atoms with Crippen LogP contribution in [0.3, 0.4) is 0 Å². The lowest BCUT2D eigenvalue weighted by molar-refractivity contribution is -0.158. The number of oxime groups is 1. The van der Waals surface area contributed by atoms with E-state index in [0.29, 0.717) is 23.7 Å². The average Bonchev–Trinajstić information content (AvgIpc) is 3.44. The van der Waals surface area contributed by atoms with Crippen LogP contribution in [0.5, 0.6) is 0 Å². The number of rotatable bonds is 9. The van der Waals surface area contributed by atoms with Crippen molar-refractivity contribution in [2.24, 2.45) is 39.7 Å². The molecule has 0 aromatic heterocycles. The molecule has 1 amide bonds. The van der Waals surface area contributed by atoms with E-state index in [1.165, 1.54) is 31.8 Å². The molecule has 6 rings (SSSR count). The van der Waals surface area contributed by atoms with Crippen LogP contribution in [-0.4, -0.2) is 35.9 Å². The number of allylic oxidation sites excluding steroid dienone is 2. The molecule has 2 aromatic rings. The van der Waals surface area contributed by atoms with E-state index in [1.807, 2.05) is 67.6 Å². The van der Waals surface area contributed by atoms with Gasteiger partial charge in [-0.1, -0.05) is 85.7 Å². The van der Waals surface area contributed by atoms with Crippen LogP contribution in [0.4, 0.5) is 4.79 Å². The lowest BCUT2D eigenvalue weighted by Gasteiger charge is -2.60. The predicted molar refractivity (Wildman–Crippen MR) is 184 cm³/mol. The number of carbonyl (C=O) groups is 3. The molecule has 0 aliphatic heterocycles. The van der Waals surface area contributed by atoms with Crippen LogP contribution in [-0.2, 0) is 36.9 Å². The van der Waals surface area contributed by atoms with Crippen LogP contribution in [0.1, 0.15) is 90.2 Å². The summed E-state index contributed by atoms with van der Waals surface area (Å²) in [4.78, 5) is 43.4. The molecule has 0 spiro atoms. The molecule has 0 radical (unpaired) electrons. The highest BCUT2D eigenvalue weighted by Gasteiger charge is 2.59. The number of fused-ring (bicyclic) bond motifs is 5. The molecule has 0 bridgehead atoms. The number of benzene rings is 2. The second-order valence-electron chi connectivity index (χ2n) is 15.0. The van der Waals surface area contributed by atoms with Gasteiger partial charge in [0.05, 0.1) is 5.71 Å². The van der Waals surface area contributed by atoms with Crippen molar-refractivity contribution in [2.45, 2.75) is 104 Å². The van der Waals surface area contributed by atoms with Gasteiger partial charge in [-0.3, -0.25) is 4.79 Å². The lowest BCUT2D eigenvalue weighted by Crippen LogP contribution is -2.54. The third kappa shape index (κ3) is 7.08. The first-order valence-electron chi connectivity index (χ1n) is 17.7. The SMILES string of the molecule is CC(=O)O[C@H]1CC[C@@]2(C)[C@@H](CC[C@@H]3[C@@H]2CC[C@]2(C)C(/C(C)=N/OC(=O)[C@H](Cc4ccccc4)NC(=O)OCc4ccccc4)=CC[C@@H]32)C1. The van der Waals surface area contributed by atoms with E-state index >= 15 is 0 Å². The van der Waals surface area contributed by atoms with Gasteiger partial charge in [0.25, 0.3) is 0 Å². The first kappa shape index (κ1) is 33.9. The topological polar surface area (TPSA) is 103 Å². The molecular formula is C40H50N2O6. The van der Waals surface area contributed by atoms with Gasteiger partial charge < -0.3 is 19.6 Å². The third-order valence-electron chi connectivity index (χ3n) is 12.3. The first-order valence-corrected chi connectivity index (χ1v) is 17.7. The highest BCUT2D eigenvalue weighted by Crippen LogP contribution is 2.66. The number of ether oxygens (including phenoxy) is 2. The average molecular weight is 655 g/mol. The summed E-state index contributed by atoms with van der Waals surface area (Å²) in [6.07, 6.45) is 10.7. The quantitative estimate of drug-likeness (QED) is 0.127. The maximum Gasteiger partial charge on any atom is 0.408 e. The fourth-order valence-electron chi connectivity index (χ4n) is 9.87. The van der Waals surface area contributed by atoms with E-state index in [-0.39, 0.29) is 35.9 Å². The highest BCUT2D eigenvalue weighted by molar-refractivity contribution is 6.00. The van der Waals surface area contributed by atoms with E-state index in [1.54, 1.807) is 0 Å². The molecule has 8 nitrogen and oxygen atoms in total. The number of alkyl carbamates (subject to hydrolysis) is 1. The molecule has 2 aromatic carbocycles. The van der Waals surface area contributed by atoms with Crippen molar-refractivity contribution in [1.29, 1.82) is 0 Å². The summed E-state index contributed by atoms with van der Waals surface area (Å²) in [6, 6.07) is 18.0. The van der Waals surface area contributed by atoms with E-state index < -0.39 is 18.1 Å². The molecule has 0 saturated heterocycles. The molecule has 3 saturated carbocycles. The Hall–Kier alpha value is -3.94. The number of hydrogen-bond acceptors (Lipinski definition) is 7. The maximum absolute atomic E-state index is 13.4. The molecule has 8 heteroatoms. The predicted octanol–water partition coefficient (Wildman–Crippen LogP) is 7.95. The van der Waals surface area contributed by atoms with Crippen LogP contribution in [0.15, 0.2) is 77.5 Å². The van der Waals surface area contributed by atoms with E-state index in [9.17, 15) is 14.4 Å². The van der Waals surface area contributed by atoms with Gasteiger partial charge >= 0.3 is 18.0 Å². The van der Waals surface area contributed by atoms with Crippen molar-refractivity contribution < 1.29 is 28.7 Å². The Morgan fingerprint density at radius 2 is 1.60 bits per heavy atom. The molecule has 256 valence electrons. The van der Waals surface area contributed by atoms with Crippen molar-refractivity contribution in [3.63, 3.8) is 0 Å². The molecular weight excluding hydrogens is 604 g/mol. The van der Waals surface area contributed by atoms with Crippen molar-refractivity contribution >= 4 is 23.7 Å². The monoisotopic (exact) mass is 654 g/mol. The number of esters is 1. The van der Waals surface area contributed by atoms with Gasteiger partial charge in [-0.05, 0) is 109 Å². The second kappa shape index (κ2) is 14.3. The molecule has 4 aliphatic carbocycles. The molecule has 3 fully saturated rings. The third-order valence-corrected chi connectivity index (χ3v) is 12.3. The van der Waals surface area contributed by atoms with E-state index in [4.69, 9.17) is 14.3 Å². The van der Waals surface area contributed by atoms with Gasteiger partial charge in [0.2, 0.25) is 0 Å². The van der Waals surface area contributed by atoms with Crippen molar-refractivity contribution in [3.8, 4) is 0 Å². The summed E-state index contributed by atoms with van der Waals surface area (Å²) in [5, 5.41) is 7.09. The molecule has 0 heterocycles. The van der Waals surface area contributed by atoms with Gasteiger partial charge in [-0.2, -0.15) is 0 Å². The number of nitrogens with one attached hydrogen (secondary N) is 1. The zero-order chi connectivity index (χ0) is 33.9. The van der Waals surface area contributed by atoms with Gasteiger partial charge in [0.1, 0.15) is 18.8 Å². The second-order valence-corrected chi connectivity index (χ2v) is 15.0. The Balaban J connectivity index is 1.10. The van der Waals surface area contributed by atoms with Crippen LogP contribution < -0.4 is 5.32 Å². The highest BCUT2D eigenvalue weighted by atomic mass is 16.7. The summed E-state index contributed by atoms with van der Waals surface area (Å²) >= 11 is 0. The molecule has 8 atom stereocenters. The van der Waals surface area contributed by atoms with Crippen molar-refractivity contribution in [2.75, 3.05) is 0 Å². The molecule has 4 aliphatic rings. The van der Waals surface area contributed by atoms with Crippen LogP contribution in [0.2, 0.25) is 0 Å². The van der Waals surface area contributed by atoms with Crippen LogP contribution in [0, 0.1) is 34.5 Å². The summed E-state index contributed by atoms with van der Waals surface area (Å²) in [5.74, 6) is 1.65. The maximum atomic E-state index is 13.4. The fraction of sp³-hybridized carbons (Fsp3) is 0.550. The van der Waals surface area contributed by atoms with Gasteiger partial charge in [-0.25, -0.2) is 9.59 Å². The first-order chi connectivity index (χ1) is 23.1. The van der Waals surface area contributed by atoms with E-state index in [2.05, 4.69) is 30.4 Å². The molecule has 48 heavy (non-hydrogen) atoms. The zero-order valence-corrected chi connectivity index (χ0v) is 28.8. The summed E-state index contributed by atoms with van der Waals surface area (Å²) in [7, 11) is 0. The Morgan fingerprint density at radius 1 is 0.896 bits per heavy atom. The smallest absolute Gasteiger partial charge is 0.408 e. The Kier molecular flexibility index (Phi) is 10.1. The van der Waals surface area contributed by atoms with Gasteiger partial charge in [0, 0.05) is 13.3 Å². The summed E-state index contributed by atoms with van der Waals surface area (Å²) < 4.78 is 11.1. The normalized spacial score (nSPS) is 31.6. The Morgan fingerprint density at radius 3 is 2.31 bits per heavy atom. The van der Waals surface area contributed by atoms with Crippen LogP contribution in [0.25, 0.3) is 0 Å². The number of carbonyl (C=O) groups excluding carboxylic acids is 3. The van der Waals surface area contributed by atoms with Crippen molar-refractivity contribution in [1.82, 2.24) is 5.32 Å². The number of amides is 1. The molecule has 0 unspecified atom stereocenters. The Bertz CT molecular complexity index is 1540. The Labute approximate surface area is 284 Å². The molecule has 1 N–H and O–H groups in total. The number of nitrogens with zero attached hydrogens (tertiary/aromatic N) is 1. The minimum atomic E-state index is -0.963. The summed E-state index contributed by atoms with van der Waals surface area (Å²) in [6.45, 7) is 8.44. The van der Waals surface area contributed by atoms with Gasteiger partial charge in [0.15, 0.2) is 0 Å². The van der Waals surface area contributed by atoms with E-state index in [0.717, 1.165) is 48.9 Å². The lowest BCUT2D eigenvalue weighted by atomic mass is 9.44. The van der Waals surface area contributed by atoms with Crippen molar-refractivity contribution in [3.05, 3.63) is 83.4 Å². The zero-order valence-electron chi connectivity index (χ0n) is 28.8.